The summed E-state index contributed by atoms with van der Waals surface area (Å²) >= 11 is 0. The number of aromatic nitrogens is 4. The van der Waals surface area contributed by atoms with E-state index in [1.807, 2.05) is 25.5 Å². The van der Waals surface area contributed by atoms with Gasteiger partial charge < -0.3 is 14.2 Å². The van der Waals surface area contributed by atoms with Crippen molar-refractivity contribution in [3.05, 3.63) is 28.7 Å². The van der Waals surface area contributed by atoms with E-state index in [1.165, 1.54) is 0 Å². The predicted molar refractivity (Wildman–Crippen MR) is 85.4 cm³/mol. The highest BCUT2D eigenvalue weighted by Gasteiger charge is 2.33. The van der Waals surface area contributed by atoms with Gasteiger partial charge in [0.2, 0.25) is 5.89 Å². The summed E-state index contributed by atoms with van der Waals surface area (Å²) in [5, 5.41) is 8.29. The average Bonchev–Trinajstić information content (AvgIpc) is 3.09. The Bertz CT molecular complexity index is 751. The molecular formula is C16H23N5O3. The van der Waals surface area contributed by atoms with Gasteiger partial charge in [0, 0.05) is 25.6 Å². The Morgan fingerprint density at radius 3 is 2.79 bits per heavy atom. The minimum Gasteiger partial charge on any atom is -0.369 e. The molecule has 8 heteroatoms. The Morgan fingerprint density at radius 1 is 1.42 bits per heavy atom. The first kappa shape index (κ1) is 16.6. The second kappa shape index (κ2) is 6.35. The maximum Gasteiger partial charge on any atom is 0.274 e. The number of rotatable bonds is 4. The maximum absolute atomic E-state index is 12.9. The maximum atomic E-state index is 12.9. The molecule has 3 rings (SSSR count). The van der Waals surface area contributed by atoms with Crippen molar-refractivity contribution in [2.45, 2.75) is 59.4 Å². The summed E-state index contributed by atoms with van der Waals surface area (Å²) < 4.78 is 12.8. The molecule has 0 aliphatic carbocycles. The van der Waals surface area contributed by atoms with Crippen molar-refractivity contribution < 1.29 is 14.1 Å². The lowest BCUT2D eigenvalue weighted by Crippen LogP contribution is -2.29. The molecule has 1 amide bonds. The monoisotopic (exact) mass is 333 g/mol. The standard InChI is InChI=1S/C16H23N5O3/c1-6-21-15-10(3)23-9(2)7-12(15)14(18-21)16(22)20(5)8-13-17-11(4)19-24-13/h9-10H,6-8H2,1-5H3/t9-,10+/m1/s1. The first-order chi connectivity index (χ1) is 11.4. The normalized spacial score (nSPS) is 20.0. The number of fused-ring (bicyclic) bond motifs is 1. The van der Waals surface area contributed by atoms with Crippen LogP contribution in [0.1, 0.15) is 60.3 Å². The molecule has 1 aliphatic heterocycles. The Hall–Kier alpha value is -2.22. The van der Waals surface area contributed by atoms with Crippen LogP contribution in [-0.2, 0) is 24.2 Å². The highest BCUT2D eigenvalue weighted by atomic mass is 16.5. The number of nitrogens with zero attached hydrogens (tertiary/aromatic N) is 5. The van der Waals surface area contributed by atoms with Crippen LogP contribution in [0.4, 0.5) is 0 Å². The Labute approximate surface area is 140 Å². The molecule has 1 aliphatic rings. The number of hydrogen-bond donors (Lipinski definition) is 0. The van der Waals surface area contributed by atoms with Gasteiger partial charge in [-0.3, -0.25) is 9.48 Å². The summed E-state index contributed by atoms with van der Waals surface area (Å²) in [7, 11) is 1.71. The lowest BCUT2D eigenvalue weighted by Gasteiger charge is -2.27. The summed E-state index contributed by atoms with van der Waals surface area (Å²) in [5.74, 6) is 0.825. The lowest BCUT2D eigenvalue weighted by molar-refractivity contribution is -0.00951. The van der Waals surface area contributed by atoms with Gasteiger partial charge in [0.25, 0.3) is 5.91 Å². The van der Waals surface area contributed by atoms with E-state index >= 15 is 0 Å². The van der Waals surface area contributed by atoms with Crippen LogP contribution in [0.5, 0.6) is 0 Å². The van der Waals surface area contributed by atoms with Gasteiger partial charge in [0.1, 0.15) is 6.54 Å². The van der Waals surface area contributed by atoms with E-state index in [0.717, 1.165) is 11.3 Å². The second-order valence-corrected chi connectivity index (χ2v) is 6.22. The summed E-state index contributed by atoms with van der Waals surface area (Å²) in [6, 6.07) is 0. The molecular weight excluding hydrogens is 310 g/mol. The number of ether oxygens (including phenoxy) is 1. The van der Waals surface area contributed by atoms with E-state index in [1.54, 1.807) is 18.9 Å². The van der Waals surface area contributed by atoms with Crippen LogP contribution in [0, 0.1) is 6.92 Å². The lowest BCUT2D eigenvalue weighted by atomic mass is 9.99. The molecule has 0 spiro atoms. The largest absolute Gasteiger partial charge is 0.369 e. The molecule has 0 fully saturated rings. The summed E-state index contributed by atoms with van der Waals surface area (Å²) in [6.45, 7) is 8.73. The molecule has 2 atom stereocenters. The molecule has 3 heterocycles. The Kier molecular flexibility index (Phi) is 4.40. The van der Waals surface area contributed by atoms with E-state index in [9.17, 15) is 4.79 Å². The van der Waals surface area contributed by atoms with Gasteiger partial charge in [0.15, 0.2) is 11.5 Å². The molecule has 24 heavy (non-hydrogen) atoms. The van der Waals surface area contributed by atoms with E-state index in [2.05, 4.69) is 15.2 Å². The van der Waals surface area contributed by atoms with Crippen molar-refractivity contribution in [3.8, 4) is 0 Å². The van der Waals surface area contributed by atoms with Crippen LogP contribution in [0.15, 0.2) is 4.52 Å². The van der Waals surface area contributed by atoms with E-state index in [4.69, 9.17) is 9.26 Å². The van der Waals surface area contributed by atoms with Gasteiger partial charge in [-0.15, -0.1) is 0 Å². The highest BCUT2D eigenvalue weighted by Crippen LogP contribution is 2.32. The minimum absolute atomic E-state index is 0.0671. The number of carbonyl (C=O) groups excluding carboxylic acids is 1. The van der Waals surface area contributed by atoms with Crippen molar-refractivity contribution in [3.63, 3.8) is 0 Å². The zero-order valence-electron chi connectivity index (χ0n) is 14.7. The van der Waals surface area contributed by atoms with Crippen LogP contribution in [0.25, 0.3) is 0 Å². The first-order valence-corrected chi connectivity index (χ1v) is 8.20. The fraction of sp³-hybridized carbons (Fsp3) is 0.625. The molecule has 2 aromatic heterocycles. The van der Waals surface area contributed by atoms with Crippen molar-refractivity contribution in [1.82, 2.24) is 24.8 Å². The molecule has 0 aromatic carbocycles. The first-order valence-electron chi connectivity index (χ1n) is 8.20. The average molecular weight is 333 g/mol. The van der Waals surface area contributed by atoms with Gasteiger partial charge in [0.05, 0.1) is 17.9 Å². The van der Waals surface area contributed by atoms with Crippen molar-refractivity contribution in [2.75, 3.05) is 7.05 Å². The second-order valence-electron chi connectivity index (χ2n) is 6.22. The molecule has 0 unspecified atom stereocenters. The topological polar surface area (TPSA) is 86.3 Å². The zero-order valence-corrected chi connectivity index (χ0v) is 14.7. The Morgan fingerprint density at radius 2 is 2.17 bits per heavy atom. The number of aryl methyl sites for hydroxylation is 2. The molecule has 2 aromatic rings. The van der Waals surface area contributed by atoms with Crippen molar-refractivity contribution in [1.29, 1.82) is 0 Å². The SMILES string of the molecule is CCn1nc(C(=O)N(C)Cc2nc(C)no2)c2c1[C@H](C)O[C@H](C)C2. The third-order valence-electron chi connectivity index (χ3n) is 4.20. The van der Waals surface area contributed by atoms with E-state index < -0.39 is 0 Å². The van der Waals surface area contributed by atoms with Gasteiger partial charge in [-0.05, 0) is 27.7 Å². The molecule has 0 N–H and O–H groups in total. The van der Waals surface area contributed by atoms with Crippen LogP contribution in [0.2, 0.25) is 0 Å². The summed E-state index contributed by atoms with van der Waals surface area (Å²) in [6.07, 6.45) is 0.688. The fourth-order valence-corrected chi connectivity index (χ4v) is 3.19. The smallest absolute Gasteiger partial charge is 0.274 e. The third kappa shape index (κ3) is 2.93. The third-order valence-corrected chi connectivity index (χ3v) is 4.20. The fourth-order valence-electron chi connectivity index (χ4n) is 3.19. The number of carbonyl (C=O) groups is 1. The van der Waals surface area contributed by atoms with Gasteiger partial charge in [-0.1, -0.05) is 5.16 Å². The Balaban J connectivity index is 1.89. The zero-order chi connectivity index (χ0) is 17.4. The highest BCUT2D eigenvalue weighted by molar-refractivity contribution is 5.94. The molecule has 0 bridgehead atoms. The van der Waals surface area contributed by atoms with E-state index in [-0.39, 0.29) is 24.7 Å². The minimum atomic E-state index is -0.143. The summed E-state index contributed by atoms with van der Waals surface area (Å²) in [5.41, 5.74) is 2.48. The van der Waals surface area contributed by atoms with E-state index in [0.29, 0.717) is 30.4 Å². The number of hydrogen-bond acceptors (Lipinski definition) is 6. The van der Waals surface area contributed by atoms with Crippen molar-refractivity contribution in [2.24, 2.45) is 0 Å². The van der Waals surface area contributed by atoms with Crippen LogP contribution in [-0.4, -0.2) is 43.9 Å². The van der Waals surface area contributed by atoms with Crippen LogP contribution >= 0.6 is 0 Å². The molecule has 0 radical (unpaired) electrons. The molecule has 0 saturated carbocycles. The molecule has 0 saturated heterocycles. The molecule has 8 nitrogen and oxygen atoms in total. The van der Waals surface area contributed by atoms with Gasteiger partial charge in [-0.2, -0.15) is 10.1 Å². The van der Waals surface area contributed by atoms with Gasteiger partial charge in [-0.25, -0.2) is 0 Å². The number of amides is 1. The predicted octanol–water partition coefficient (Wildman–Crippen LogP) is 1.89. The molecule has 130 valence electrons. The van der Waals surface area contributed by atoms with Crippen molar-refractivity contribution >= 4 is 5.91 Å². The van der Waals surface area contributed by atoms with Crippen LogP contribution in [0.3, 0.4) is 0 Å². The van der Waals surface area contributed by atoms with Gasteiger partial charge >= 0.3 is 0 Å². The quantitative estimate of drug-likeness (QED) is 0.849. The summed E-state index contributed by atoms with van der Waals surface area (Å²) in [4.78, 5) is 18.6. The van der Waals surface area contributed by atoms with Crippen LogP contribution < -0.4 is 0 Å².